The Labute approximate surface area is 133 Å². The van der Waals surface area contributed by atoms with Crippen molar-refractivity contribution in [2.75, 3.05) is 13.1 Å². The fraction of sp³-hybridized carbons (Fsp3) is 0.467. The van der Waals surface area contributed by atoms with Crippen molar-refractivity contribution in [3.63, 3.8) is 0 Å². The van der Waals surface area contributed by atoms with Crippen LogP contribution in [-0.4, -0.2) is 33.3 Å². The Kier molecular flexibility index (Phi) is 4.43. The number of nitrogens with two attached hydrogens (primary N) is 1. The molecule has 2 N–H and O–H groups in total. The largest absolute Gasteiger partial charge is 0.370 e. The molecule has 0 radical (unpaired) electrons. The summed E-state index contributed by atoms with van der Waals surface area (Å²) in [7, 11) is 0. The molecule has 0 bridgehead atoms. The second-order valence-electron chi connectivity index (χ2n) is 5.42. The SMILES string of the molecule is NC(=NCc1cn2cc(Br)ccc2n1)N1CCCCCC1. The first-order chi connectivity index (χ1) is 10.2. The van der Waals surface area contributed by atoms with Gasteiger partial charge in [-0.3, -0.25) is 0 Å². The van der Waals surface area contributed by atoms with Gasteiger partial charge in [-0.05, 0) is 40.9 Å². The van der Waals surface area contributed by atoms with Crippen LogP contribution in [0.2, 0.25) is 0 Å². The first-order valence-corrected chi connectivity index (χ1v) is 8.20. The number of rotatable bonds is 2. The minimum absolute atomic E-state index is 0.529. The average molecular weight is 350 g/mol. The van der Waals surface area contributed by atoms with Crippen molar-refractivity contribution in [2.45, 2.75) is 32.2 Å². The van der Waals surface area contributed by atoms with Crippen molar-refractivity contribution in [3.05, 3.63) is 34.7 Å². The quantitative estimate of drug-likeness (QED) is 0.669. The summed E-state index contributed by atoms with van der Waals surface area (Å²) in [6, 6.07) is 3.97. The third-order valence-electron chi connectivity index (χ3n) is 3.80. The smallest absolute Gasteiger partial charge is 0.191 e. The highest BCUT2D eigenvalue weighted by Gasteiger charge is 2.11. The van der Waals surface area contributed by atoms with Crippen molar-refractivity contribution >= 4 is 27.5 Å². The van der Waals surface area contributed by atoms with Gasteiger partial charge < -0.3 is 15.0 Å². The third kappa shape index (κ3) is 3.56. The monoisotopic (exact) mass is 349 g/mol. The zero-order valence-electron chi connectivity index (χ0n) is 12.0. The molecule has 1 aliphatic heterocycles. The topological polar surface area (TPSA) is 58.9 Å². The molecule has 0 aromatic carbocycles. The molecular weight excluding hydrogens is 330 g/mol. The van der Waals surface area contributed by atoms with E-state index in [2.05, 4.69) is 30.8 Å². The van der Waals surface area contributed by atoms with Crippen molar-refractivity contribution in [2.24, 2.45) is 10.7 Å². The Bertz CT molecular complexity index is 641. The summed E-state index contributed by atoms with van der Waals surface area (Å²) >= 11 is 3.46. The number of pyridine rings is 1. The zero-order chi connectivity index (χ0) is 14.7. The zero-order valence-corrected chi connectivity index (χ0v) is 13.6. The number of hydrogen-bond donors (Lipinski definition) is 1. The van der Waals surface area contributed by atoms with Gasteiger partial charge in [0.2, 0.25) is 0 Å². The van der Waals surface area contributed by atoms with Crippen molar-refractivity contribution in [1.29, 1.82) is 0 Å². The maximum atomic E-state index is 6.12. The lowest BCUT2D eigenvalue weighted by molar-refractivity contribution is 0.428. The van der Waals surface area contributed by atoms with Crippen LogP contribution in [0.4, 0.5) is 0 Å². The lowest BCUT2D eigenvalue weighted by atomic mass is 10.2. The van der Waals surface area contributed by atoms with Crippen LogP contribution in [0.25, 0.3) is 5.65 Å². The Balaban J connectivity index is 1.70. The second kappa shape index (κ2) is 6.47. The van der Waals surface area contributed by atoms with Crippen LogP contribution < -0.4 is 5.73 Å². The lowest BCUT2D eigenvalue weighted by Gasteiger charge is -2.20. The Hall–Kier alpha value is -1.56. The number of nitrogens with zero attached hydrogens (tertiary/aromatic N) is 4. The molecule has 112 valence electrons. The summed E-state index contributed by atoms with van der Waals surface area (Å²) in [5.41, 5.74) is 7.98. The van der Waals surface area contributed by atoms with E-state index < -0.39 is 0 Å². The summed E-state index contributed by atoms with van der Waals surface area (Å²) in [4.78, 5) is 11.3. The Morgan fingerprint density at radius 2 is 1.95 bits per heavy atom. The number of hydrogen-bond acceptors (Lipinski definition) is 2. The van der Waals surface area contributed by atoms with E-state index in [1.165, 1.54) is 25.7 Å². The van der Waals surface area contributed by atoms with Crippen LogP contribution in [-0.2, 0) is 6.54 Å². The molecule has 0 unspecified atom stereocenters. The minimum Gasteiger partial charge on any atom is -0.370 e. The van der Waals surface area contributed by atoms with Crippen molar-refractivity contribution in [3.8, 4) is 0 Å². The van der Waals surface area contributed by atoms with Gasteiger partial charge in [0.1, 0.15) is 5.65 Å². The van der Waals surface area contributed by atoms with Gasteiger partial charge in [-0.25, -0.2) is 9.98 Å². The number of likely N-dealkylation sites (tertiary alicyclic amines) is 1. The number of guanidine groups is 1. The second-order valence-corrected chi connectivity index (χ2v) is 6.34. The average Bonchev–Trinajstić information content (AvgIpc) is 2.69. The lowest BCUT2D eigenvalue weighted by Crippen LogP contribution is -2.38. The fourth-order valence-electron chi connectivity index (χ4n) is 2.66. The van der Waals surface area contributed by atoms with Crippen LogP contribution in [0.1, 0.15) is 31.4 Å². The summed E-state index contributed by atoms with van der Waals surface area (Å²) < 4.78 is 3.03. The number of imidazole rings is 1. The van der Waals surface area contributed by atoms with Crippen LogP contribution in [0, 0.1) is 0 Å². The summed E-state index contributed by atoms with van der Waals surface area (Å²) in [5.74, 6) is 0.648. The predicted molar refractivity (Wildman–Crippen MR) is 88.3 cm³/mol. The molecule has 0 spiro atoms. The third-order valence-corrected chi connectivity index (χ3v) is 4.27. The van der Waals surface area contributed by atoms with Crippen molar-refractivity contribution in [1.82, 2.24) is 14.3 Å². The van der Waals surface area contributed by atoms with E-state index in [1.807, 2.05) is 28.9 Å². The van der Waals surface area contributed by atoms with Gasteiger partial charge in [0.15, 0.2) is 5.96 Å². The molecule has 21 heavy (non-hydrogen) atoms. The highest BCUT2D eigenvalue weighted by atomic mass is 79.9. The van der Waals surface area contributed by atoms with E-state index in [-0.39, 0.29) is 0 Å². The van der Waals surface area contributed by atoms with E-state index in [0.29, 0.717) is 12.5 Å². The van der Waals surface area contributed by atoms with Gasteiger partial charge in [0.05, 0.1) is 12.2 Å². The van der Waals surface area contributed by atoms with E-state index >= 15 is 0 Å². The summed E-state index contributed by atoms with van der Waals surface area (Å²) in [6.45, 7) is 2.57. The van der Waals surface area contributed by atoms with E-state index in [4.69, 9.17) is 5.73 Å². The molecule has 5 nitrogen and oxygen atoms in total. The first kappa shape index (κ1) is 14.4. The molecule has 2 aromatic rings. The van der Waals surface area contributed by atoms with Gasteiger partial charge in [-0.15, -0.1) is 0 Å². The number of aliphatic imine (C=N–C) groups is 1. The normalized spacial score (nSPS) is 17.2. The standard InChI is InChI=1S/C15H20BrN5/c16-12-5-6-14-19-13(11-21(14)10-12)9-18-15(17)20-7-3-1-2-4-8-20/h5-6,10-11H,1-4,7-9H2,(H2,17,18). The van der Waals surface area contributed by atoms with E-state index in [9.17, 15) is 0 Å². The molecule has 3 rings (SSSR count). The van der Waals surface area contributed by atoms with Crippen LogP contribution in [0.5, 0.6) is 0 Å². The van der Waals surface area contributed by atoms with Gasteiger partial charge in [-0.1, -0.05) is 12.8 Å². The molecule has 0 saturated carbocycles. The predicted octanol–water partition coefficient (Wildman–Crippen LogP) is 2.79. The van der Waals surface area contributed by atoms with Crippen LogP contribution >= 0.6 is 15.9 Å². The molecule has 1 saturated heterocycles. The van der Waals surface area contributed by atoms with Crippen LogP contribution in [0.3, 0.4) is 0 Å². The minimum atomic E-state index is 0.529. The molecule has 1 fully saturated rings. The molecule has 0 amide bonds. The molecule has 0 aliphatic carbocycles. The van der Waals surface area contributed by atoms with E-state index in [0.717, 1.165) is 28.9 Å². The highest BCUT2D eigenvalue weighted by molar-refractivity contribution is 9.10. The molecule has 6 heteroatoms. The van der Waals surface area contributed by atoms with E-state index in [1.54, 1.807) is 0 Å². The first-order valence-electron chi connectivity index (χ1n) is 7.40. The maximum Gasteiger partial charge on any atom is 0.191 e. The Morgan fingerprint density at radius 1 is 1.19 bits per heavy atom. The number of aromatic nitrogens is 2. The molecule has 3 heterocycles. The summed E-state index contributed by atoms with van der Waals surface area (Å²) in [5, 5.41) is 0. The Morgan fingerprint density at radius 3 is 2.71 bits per heavy atom. The van der Waals surface area contributed by atoms with Gasteiger partial charge in [0, 0.05) is 30.0 Å². The van der Waals surface area contributed by atoms with Crippen LogP contribution in [0.15, 0.2) is 34.0 Å². The number of halogens is 1. The van der Waals surface area contributed by atoms with Gasteiger partial charge >= 0.3 is 0 Å². The molecule has 2 aromatic heterocycles. The number of fused-ring (bicyclic) bond motifs is 1. The van der Waals surface area contributed by atoms with Gasteiger partial charge in [0.25, 0.3) is 0 Å². The van der Waals surface area contributed by atoms with Crippen molar-refractivity contribution < 1.29 is 0 Å². The molecule has 1 aliphatic rings. The molecule has 0 atom stereocenters. The summed E-state index contributed by atoms with van der Waals surface area (Å²) in [6.07, 6.45) is 9.00. The maximum absolute atomic E-state index is 6.12. The molecular formula is C15H20BrN5. The van der Waals surface area contributed by atoms with Gasteiger partial charge in [-0.2, -0.15) is 0 Å². The fourth-order valence-corrected chi connectivity index (χ4v) is 3.01. The highest BCUT2D eigenvalue weighted by Crippen LogP contribution is 2.13.